The minimum atomic E-state index is -0.184. The quantitative estimate of drug-likeness (QED) is 0.161. The van der Waals surface area contributed by atoms with Gasteiger partial charge in [-0.3, -0.25) is 0 Å². The van der Waals surface area contributed by atoms with E-state index in [-0.39, 0.29) is 10.8 Å². The highest BCUT2D eigenvalue weighted by atomic mass is 16.5. The van der Waals surface area contributed by atoms with Crippen LogP contribution in [-0.2, 0) is 10.8 Å². The van der Waals surface area contributed by atoms with E-state index in [0.29, 0.717) is 0 Å². The molecule has 4 heteroatoms. The van der Waals surface area contributed by atoms with E-state index in [0.717, 1.165) is 45.5 Å². The second kappa shape index (κ2) is 12.5. The maximum absolute atomic E-state index is 6.28. The fraction of sp³-hybridized carbons (Fsp3) is 0.143. The Balaban J connectivity index is 1.14. The van der Waals surface area contributed by atoms with Gasteiger partial charge < -0.3 is 20.9 Å². The monoisotopic (exact) mass is 604 g/mol. The Labute approximate surface area is 272 Å². The zero-order valence-electron chi connectivity index (χ0n) is 26.8. The summed E-state index contributed by atoms with van der Waals surface area (Å²) < 4.78 is 12.6. The number of hydrogen-bond donors (Lipinski definition) is 2. The molecule has 0 aromatic heterocycles. The highest BCUT2D eigenvalue weighted by molar-refractivity contribution is 5.67. The Bertz CT molecular complexity index is 1810. The van der Waals surface area contributed by atoms with Crippen LogP contribution in [0.1, 0.15) is 49.9 Å². The molecule has 0 heterocycles. The highest BCUT2D eigenvalue weighted by Gasteiger charge is 2.24. The van der Waals surface area contributed by atoms with Crippen molar-refractivity contribution in [3.63, 3.8) is 0 Å². The largest absolute Gasteiger partial charge is 0.457 e. The second-order valence-corrected chi connectivity index (χ2v) is 12.8. The maximum Gasteiger partial charge on any atom is 0.128 e. The number of nitrogen functional groups attached to an aromatic ring is 2. The van der Waals surface area contributed by atoms with E-state index in [1.807, 2.05) is 84.9 Å². The van der Waals surface area contributed by atoms with Gasteiger partial charge >= 0.3 is 0 Å². The molecule has 4 nitrogen and oxygen atoms in total. The number of anilines is 2. The van der Waals surface area contributed by atoms with Crippen molar-refractivity contribution < 1.29 is 9.47 Å². The number of rotatable bonds is 9. The minimum absolute atomic E-state index is 0.184. The Hall–Kier alpha value is -5.48. The van der Waals surface area contributed by atoms with Crippen LogP contribution in [-0.4, -0.2) is 0 Å². The van der Waals surface area contributed by atoms with Crippen molar-refractivity contribution in [1.82, 2.24) is 0 Å². The first kappa shape index (κ1) is 30.5. The third-order valence-corrected chi connectivity index (χ3v) is 8.84. The molecule has 6 aromatic rings. The summed E-state index contributed by atoms with van der Waals surface area (Å²) in [4.78, 5) is 0. The van der Waals surface area contributed by atoms with Crippen molar-refractivity contribution in [2.45, 2.75) is 38.5 Å². The lowest BCUT2D eigenvalue weighted by atomic mass is 9.78. The fourth-order valence-corrected chi connectivity index (χ4v) is 5.82. The Morgan fingerprint density at radius 1 is 0.370 bits per heavy atom. The summed E-state index contributed by atoms with van der Waals surface area (Å²) in [6, 6.07) is 48.9. The Morgan fingerprint density at radius 3 is 1.11 bits per heavy atom. The highest BCUT2D eigenvalue weighted by Crippen LogP contribution is 2.36. The Kier molecular flexibility index (Phi) is 8.29. The van der Waals surface area contributed by atoms with Gasteiger partial charge in [-0.2, -0.15) is 0 Å². The van der Waals surface area contributed by atoms with Crippen molar-refractivity contribution in [1.29, 1.82) is 0 Å². The van der Waals surface area contributed by atoms with Crippen LogP contribution in [0.4, 0.5) is 11.4 Å². The van der Waals surface area contributed by atoms with E-state index in [2.05, 4.69) is 88.4 Å². The molecule has 46 heavy (non-hydrogen) atoms. The van der Waals surface area contributed by atoms with E-state index in [1.165, 1.54) is 22.3 Å². The molecule has 0 spiro atoms. The molecule has 4 N–H and O–H groups in total. The predicted octanol–water partition coefficient (Wildman–Crippen LogP) is 10.8. The summed E-state index contributed by atoms with van der Waals surface area (Å²) in [6.45, 7) is 8.82. The topological polar surface area (TPSA) is 70.5 Å². The van der Waals surface area contributed by atoms with Gasteiger partial charge in [0, 0.05) is 22.2 Å². The van der Waals surface area contributed by atoms with Crippen molar-refractivity contribution in [3.05, 3.63) is 168 Å². The molecule has 0 amide bonds. The summed E-state index contributed by atoms with van der Waals surface area (Å²) in [7, 11) is 0. The molecule has 230 valence electrons. The molecular weight excluding hydrogens is 564 g/mol. The average Bonchev–Trinajstić information content (AvgIpc) is 3.05. The number of hydrogen-bond acceptors (Lipinski definition) is 4. The molecule has 0 radical (unpaired) electrons. The first-order chi connectivity index (χ1) is 22.1. The zero-order valence-corrected chi connectivity index (χ0v) is 26.8. The van der Waals surface area contributed by atoms with E-state index < -0.39 is 0 Å². The van der Waals surface area contributed by atoms with Crippen LogP contribution >= 0.6 is 0 Å². The molecule has 6 rings (SSSR count). The second-order valence-electron chi connectivity index (χ2n) is 12.8. The molecule has 0 saturated carbocycles. The summed E-state index contributed by atoms with van der Waals surface area (Å²) in [5.74, 6) is 3.10. The summed E-state index contributed by atoms with van der Waals surface area (Å²) in [6.07, 6.45) is 0. The molecule has 0 aliphatic heterocycles. The van der Waals surface area contributed by atoms with Crippen molar-refractivity contribution >= 4 is 11.4 Å². The van der Waals surface area contributed by atoms with E-state index in [9.17, 15) is 0 Å². The van der Waals surface area contributed by atoms with Crippen LogP contribution in [0.15, 0.2) is 146 Å². The van der Waals surface area contributed by atoms with Crippen LogP contribution < -0.4 is 20.9 Å². The van der Waals surface area contributed by atoms with Crippen molar-refractivity contribution in [3.8, 4) is 34.1 Å². The first-order valence-electron chi connectivity index (χ1n) is 15.6. The number of benzene rings is 6. The van der Waals surface area contributed by atoms with Gasteiger partial charge in [0.2, 0.25) is 0 Å². The standard InChI is InChI=1S/C42H40N2O2/c1-41(2,33-11-7-13-35(43)27-33)31-17-21-37(22-18-31)45-39-15-5-9-29(25-39)30-10-6-16-40(26-30)46-38-23-19-32(20-24-38)42(3,4)34-12-8-14-36(44)28-34/h5-28H,43-44H2,1-4H3. The summed E-state index contributed by atoms with van der Waals surface area (Å²) in [5.41, 5.74) is 20.1. The van der Waals surface area contributed by atoms with Crippen molar-refractivity contribution in [2.75, 3.05) is 11.5 Å². The van der Waals surface area contributed by atoms with Crippen LogP contribution in [0.2, 0.25) is 0 Å². The van der Waals surface area contributed by atoms with Gasteiger partial charge in [0.1, 0.15) is 23.0 Å². The average molecular weight is 605 g/mol. The predicted molar refractivity (Wildman–Crippen MR) is 191 cm³/mol. The van der Waals surface area contributed by atoms with E-state index in [4.69, 9.17) is 20.9 Å². The minimum Gasteiger partial charge on any atom is -0.457 e. The molecule has 0 bridgehead atoms. The maximum atomic E-state index is 6.28. The molecule has 0 fully saturated rings. The molecule has 0 aliphatic rings. The summed E-state index contributed by atoms with van der Waals surface area (Å²) in [5, 5.41) is 0. The Morgan fingerprint density at radius 2 is 0.739 bits per heavy atom. The normalized spacial score (nSPS) is 11.7. The van der Waals surface area contributed by atoms with Gasteiger partial charge in [0.05, 0.1) is 0 Å². The van der Waals surface area contributed by atoms with E-state index >= 15 is 0 Å². The molecule has 0 saturated heterocycles. The van der Waals surface area contributed by atoms with Gasteiger partial charge in [-0.15, -0.1) is 0 Å². The van der Waals surface area contributed by atoms with Crippen LogP contribution in [0.3, 0.4) is 0 Å². The number of ether oxygens (including phenoxy) is 2. The lowest BCUT2D eigenvalue weighted by Gasteiger charge is -2.26. The zero-order chi connectivity index (χ0) is 32.3. The SMILES string of the molecule is CC(C)(c1ccc(Oc2cccc(-c3cccc(Oc4ccc(C(C)(C)c5cccc(N)c5)cc4)c3)c2)cc1)c1cccc(N)c1. The van der Waals surface area contributed by atoms with Gasteiger partial charge in [0.15, 0.2) is 0 Å². The number of nitrogens with two attached hydrogens (primary N) is 2. The first-order valence-corrected chi connectivity index (χ1v) is 15.6. The van der Waals surface area contributed by atoms with Gasteiger partial charge in [-0.1, -0.05) is 100 Å². The fourth-order valence-electron chi connectivity index (χ4n) is 5.82. The van der Waals surface area contributed by atoms with Gasteiger partial charge in [0.25, 0.3) is 0 Å². The molecule has 0 aliphatic carbocycles. The van der Waals surface area contributed by atoms with Gasteiger partial charge in [-0.05, 0) is 106 Å². The molecule has 0 atom stereocenters. The molecular formula is C42H40N2O2. The van der Waals surface area contributed by atoms with Crippen LogP contribution in [0.25, 0.3) is 11.1 Å². The van der Waals surface area contributed by atoms with Crippen LogP contribution in [0.5, 0.6) is 23.0 Å². The van der Waals surface area contributed by atoms with Crippen LogP contribution in [0, 0.1) is 0 Å². The van der Waals surface area contributed by atoms with E-state index in [1.54, 1.807) is 0 Å². The van der Waals surface area contributed by atoms with Crippen molar-refractivity contribution in [2.24, 2.45) is 0 Å². The molecule has 6 aromatic carbocycles. The third-order valence-electron chi connectivity index (χ3n) is 8.84. The molecule has 0 unspecified atom stereocenters. The van der Waals surface area contributed by atoms with Gasteiger partial charge in [-0.25, -0.2) is 0 Å². The lowest BCUT2D eigenvalue weighted by molar-refractivity contribution is 0.481. The summed E-state index contributed by atoms with van der Waals surface area (Å²) >= 11 is 0. The lowest BCUT2D eigenvalue weighted by Crippen LogP contribution is -2.18. The third kappa shape index (κ3) is 6.62. The smallest absolute Gasteiger partial charge is 0.128 e.